The van der Waals surface area contributed by atoms with Crippen LogP contribution in [0.3, 0.4) is 0 Å². The van der Waals surface area contributed by atoms with Crippen molar-refractivity contribution in [3.63, 3.8) is 0 Å². The minimum atomic E-state index is -4.30. The molecule has 2 amide bonds. The molecule has 4 rings (SSSR count). The number of sulfonamides is 1. The van der Waals surface area contributed by atoms with Crippen LogP contribution in [0.15, 0.2) is 47.4 Å². The van der Waals surface area contributed by atoms with Crippen molar-refractivity contribution in [1.82, 2.24) is 19.8 Å². The summed E-state index contributed by atoms with van der Waals surface area (Å²) < 4.78 is 39.5. The Morgan fingerprint density at radius 1 is 0.979 bits per heavy atom. The molecule has 2 aromatic rings. The summed E-state index contributed by atoms with van der Waals surface area (Å²) in [4.78, 5) is 65.8. The molecule has 2 aliphatic heterocycles. The van der Waals surface area contributed by atoms with Gasteiger partial charge in [0.15, 0.2) is 5.96 Å². The van der Waals surface area contributed by atoms with Crippen LogP contribution >= 0.6 is 0 Å². The summed E-state index contributed by atoms with van der Waals surface area (Å²) in [6, 6.07) is 10.2. The van der Waals surface area contributed by atoms with Crippen LogP contribution in [0.5, 0.6) is 0 Å². The number of piperidine rings is 2. The summed E-state index contributed by atoms with van der Waals surface area (Å²) in [5.41, 5.74) is 5.64. The van der Waals surface area contributed by atoms with Crippen LogP contribution in [0.2, 0.25) is 0 Å². The number of ether oxygens (including phenoxy) is 2. The number of hydrogen-bond donors (Lipinski definition) is 4. The zero-order valence-corrected chi connectivity index (χ0v) is 27.1. The lowest BCUT2D eigenvalue weighted by Crippen LogP contribution is -2.54. The molecular weight excluding hydrogens is 632 g/mol. The van der Waals surface area contributed by atoms with E-state index in [0.29, 0.717) is 18.5 Å². The van der Waals surface area contributed by atoms with Crippen LogP contribution in [0.25, 0.3) is 10.8 Å². The van der Waals surface area contributed by atoms with E-state index in [1.54, 1.807) is 23.1 Å². The highest BCUT2D eigenvalue weighted by Gasteiger charge is 2.41. The van der Waals surface area contributed by atoms with Gasteiger partial charge in [0, 0.05) is 53.0 Å². The number of nitrogens with two attached hydrogens (primary N) is 1. The van der Waals surface area contributed by atoms with E-state index in [-0.39, 0.29) is 42.8 Å². The molecule has 5 N–H and O–H groups in total. The second kappa shape index (κ2) is 15.3. The van der Waals surface area contributed by atoms with Crippen molar-refractivity contribution in [3.8, 4) is 0 Å². The summed E-state index contributed by atoms with van der Waals surface area (Å²) in [5, 5.41) is 12.0. The van der Waals surface area contributed by atoms with Gasteiger partial charge in [0.1, 0.15) is 18.1 Å². The van der Waals surface area contributed by atoms with Crippen LogP contribution in [-0.2, 0) is 43.5 Å². The first-order valence-corrected chi connectivity index (χ1v) is 16.8. The third kappa shape index (κ3) is 9.48. The highest BCUT2D eigenvalue weighted by atomic mass is 32.2. The molecule has 0 unspecified atom stereocenters. The Bertz CT molecular complexity index is 1650. The Kier molecular flexibility index (Phi) is 11.5. The number of carbonyl (C=O) groups is 5. The molecule has 0 aromatic heterocycles. The Labute approximate surface area is 272 Å². The highest BCUT2D eigenvalue weighted by Crippen LogP contribution is 2.24. The molecule has 2 saturated heterocycles. The minimum Gasteiger partial charge on any atom is -0.461 e. The molecule has 0 radical (unpaired) electrons. The van der Waals surface area contributed by atoms with Gasteiger partial charge < -0.3 is 30.3 Å². The number of amides is 2. The van der Waals surface area contributed by atoms with Crippen LogP contribution in [0, 0.1) is 17.2 Å². The van der Waals surface area contributed by atoms with E-state index in [9.17, 15) is 32.4 Å². The van der Waals surface area contributed by atoms with Crippen LogP contribution in [0.1, 0.15) is 39.5 Å². The molecule has 0 aliphatic carbocycles. The number of likely N-dealkylation sites (tertiary alicyclic amines) is 2. The summed E-state index contributed by atoms with van der Waals surface area (Å²) in [5.74, 6) is -5.17. The van der Waals surface area contributed by atoms with Gasteiger partial charge in [-0.1, -0.05) is 30.3 Å². The first kappa shape index (κ1) is 35.3. The van der Waals surface area contributed by atoms with Crippen molar-refractivity contribution >= 4 is 56.5 Å². The fourth-order valence-corrected chi connectivity index (χ4v) is 7.09. The van der Waals surface area contributed by atoms with E-state index in [1.807, 2.05) is 12.1 Å². The summed E-state index contributed by atoms with van der Waals surface area (Å²) in [7, 11) is -4.30. The fraction of sp³-hybridized carbons (Fsp3) is 0.484. The second-order valence-electron chi connectivity index (χ2n) is 11.8. The lowest BCUT2D eigenvalue weighted by Gasteiger charge is -2.37. The largest absolute Gasteiger partial charge is 0.461 e. The fourth-order valence-electron chi connectivity index (χ4n) is 5.86. The van der Waals surface area contributed by atoms with Crippen molar-refractivity contribution in [2.24, 2.45) is 17.6 Å². The normalized spacial score (nSPS) is 20.6. The van der Waals surface area contributed by atoms with E-state index in [4.69, 9.17) is 20.6 Å². The van der Waals surface area contributed by atoms with Gasteiger partial charge in [-0.3, -0.25) is 29.4 Å². The molecule has 0 bridgehead atoms. The van der Waals surface area contributed by atoms with Gasteiger partial charge in [0.2, 0.25) is 21.8 Å². The molecule has 4 atom stereocenters. The SMILES string of the molecule is CC(=O)OC(=O)[C@@H]1CN(C(=O)C[C@@H](NS(=O)(=O)c2ccc3ccccc3c2)C(=O)NC[C@@H]2CCCN(C(=N)N)C2)CC[C@H]1OC(C)=O. The van der Waals surface area contributed by atoms with Gasteiger partial charge in [0.25, 0.3) is 0 Å². The van der Waals surface area contributed by atoms with Gasteiger partial charge in [-0.25, -0.2) is 8.42 Å². The highest BCUT2D eigenvalue weighted by molar-refractivity contribution is 7.89. The molecule has 2 fully saturated rings. The monoisotopic (exact) mass is 672 g/mol. The van der Waals surface area contributed by atoms with Crippen molar-refractivity contribution < 1.29 is 41.9 Å². The number of rotatable bonds is 10. The summed E-state index contributed by atoms with van der Waals surface area (Å²) >= 11 is 0. The molecule has 2 heterocycles. The van der Waals surface area contributed by atoms with Crippen LogP contribution in [-0.4, -0.2) is 98.8 Å². The zero-order valence-electron chi connectivity index (χ0n) is 26.3. The van der Waals surface area contributed by atoms with E-state index in [2.05, 4.69) is 10.0 Å². The average molecular weight is 673 g/mol. The molecule has 2 aromatic carbocycles. The first-order valence-electron chi connectivity index (χ1n) is 15.3. The van der Waals surface area contributed by atoms with Crippen LogP contribution in [0.4, 0.5) is 0 Å². The quantitative estimate of drug-likeness (QED) is 0.118. The summed E-state index contributed by atoms with van der Waals surface area (Å²) in [6.45, 7) is 3.19. The Hall–Kier alpha value is -4.57. The topological polar surface area (TPSA) is 218 Å². The van der Waals surface area contributed by atoms with Crippen molar-refractivity contribution in [2.75, 3.05) is 32.7 Å². The lowest BCUT2D eigenvalue weighted by atomic mass is 9.94. The van der Waals surface area contributed by atoms with E-state index in [0.717, 1.165) is 25.2 Å². The Balaban J connectivity index is 1.53. The maximum atomic E-state index is 13.6. The number of fused-ring (bicyclic) bond motifs is 1. The molecule has 0 saturated carbocycles. The Morgan fingerprint density at radius 2 is 1.70 bits per heavy atom. The third-order valence-corrected chi connectivity index (χ3v) is 9.68. The van der Waals surface area contributed by atoms with Crippen molar-refractivity contribution in [1.29, 1.82) is 5.41 Å². The van der Waals surface area contributed by atoms with Gasteiger partial charge in [0.05, 0.1) is 11.3 Å². The van der Waals surface area contributed by atoms with E-state index >= 15 is 0 Å². The number of nitrogens with zero attached hydrogens (tertiary/aromatic N) is 2. The van der Waals surface area contributed by atoms with Crippen molar-refractivity contribution in [3.05, 3.63) is 42.5 Å². The predicted octanol–water partition coefficient (Wildman–Crippen LogP) is 0.468. The number of nitrogens with one attached hydrogen (secondary N) is 3. The van der Waals surface area contributed by atoms with Gasteiger partial charge in [-0.15, -0.1) is 0 Å². The maximum Gasteiger partial charge on any atom is 0.322 e. The van der Waals surface area contributed by atoms with E-state index < -0.39 is 64.2 Å². The first-order chi connectivity index (χ1) is 22.2. The van der Waals surface area contributed by atoms with Gasteiger partial charge >= 0.3 is 17.9 Å². The average Bonchev–Trinajstić information content (AvgIpc) is 3.02. The third-order valence-electron chi connectivity index (χ3n) is 8.22. The second-order valence-corrected chi connectivity index (χ2v) is 13.5. The molecule has 0 spiro atoms. The number of carbonyl (C=O) groups excluding carboxylic acids is 5. The smallest absolute Gasteiger partial charge is 0.322 e. The Morgan fingerprint density at radius 3 is 2.38 bits per heavy atom. The molecule has 16 heteroatoms. The number of guanidine groups is 1. The maximum absolute atomic E-state index is 13.6. The number of esters is 3. The lowest BCUT2D eigenvalue weighted by molar-refractivity contribution is -0.171. The molecule has 47 heavy (non-hydrogen) atoms. The molecule has 2 aliphatic rings. The van der Waals surface area contributed by atoms with Gasteiger partial charge in [-0.2, -0.15) is 4.72 Å². The van der Waals surface area contributed by atoms with Gasteiger partial charge in [-0.05, 0) is 41.7 Å². The number of hydrogen-bond acceptors (Lipinski definition) is 10. The molecule has 15 nitrogen and oxygen atoms in total. The van der Waals surface area contributed by atoms with E-state index in [1.165, 1.54) is 24.0 Å². The summed E-state index contributed by atoms with van der Waals surface area (Å²) in [6.07, 6.45) is 0.0320. The number of benzene rings is 2. The predicted molar refractivity (Wildman–Crippen MR) is 169 cm³/mol. The zero-order chi connectivity index (χ0) is 34.3. The minimum absolute atomic E-state index is 0.0371. The standard InChI is InChI=1S/C31H40N6O9S/c1-19(38)45-27-11-13-36(18-25(27)30(42)46-20(2)39)28(40)15-26(29(41)34-16-21-6-5-12-37(17-21)31(32)33)35-47(43,44)24-10-9-22-7-3-4-8-23(22)14-24/h3-4,7-10,14,21,25-27,35H,5-6,11-13,15-18H2,1-2H3,(H3,32,33)(H,34,41)/t21-,25+,26+,27+/m0/s1. The van der Waals surface area contributed by atoms with Crippen molar-refractivity contribution in [2.45, 2.75) is 56.6 Å². The van der Waals surface area contributed by atoms with Crippen LogP contribution < -0.4 is 15.8 Å². The molecular formula is C31H40N6O9S. The molecule has 254 valence electrons.